The molecule has 8 nitrogen and oxygen atoms in total. The smallest absolute Gasteiger partial charge is 0.325 e. The number of hydrogen-bond acceptors (Lipinski definition) is 5. The van der Waals surface area contributed by atoms with Crippen LogP contribution in [0, 0.1) is 0 Å². The lowest BCUT2D eigenvalue weighted by molar-refractivity contribution is 0.929. The molecular formula is C18H15ClN6O2. The largest absolute Gasteiger partial charge is 0.382 e. The van der Waals surface area contributed by atoms with Gasteiger partial charge in [0.1, 0.15) is 5.69 Å². The van der Waals surface area contributed by atoms with Crippen molar-refractivity contribution in [1.29, 1.82) is 0 Å². The van der Waals surface area contributed by atoms with E-state index in [1.165, 1.54) is 6.20 Å². The van der Waals surface area contributed by atoms with Gasteiger partial charge in [0, 0.05) is 30.2 Å². The fourth-order valence-corrected chi connectivity index (χ4v) is 2.90. The maximum absolute atomic E-state index is 12.1. The van der Waals surface area contributed by atoms with Crippen LogP contribution < -0.4 is 16.6 Å². The van der Waals surface area contributed by atoms with Gasteiger partial charge >= 0.3 is 5.69 Å². The van der Waals surface area contributed by atoms with Crippen LogP contribution in [0.2, 0.25) is 5.02 Å². The molecule has 3 heterocycles. The number of H-pyrrole nitrogens is 2. The van der Waals surface area contributed by atoms with E-state index < -0.39 is 11.2 Å². The summed E-state index contributed by atoms with van der Waals surface area (Å²) in [6.45, 7) is 0.662. The van der Waals surface area contributed by atoms with Gasteiger partial charge in [-0.3, -0.25) is 9.78 Å². The van der Waals surface area contributed by atoms with Gasteiger partial charge in [0.2, 0.25) is 0 Å². The fraction of sp³-hybridized carbons (Fsp3) is 0.111. The summed E-state index contributed by atoms with van der Waals surface area (Å²) < 4.78 is 1.59. The van der Waals surface area contributed by atoms with Gasteiger partial charge in [0.05, 0.1) is 11.3 Å². The van der Waals surface area contributed by atoms with Crippen LogP contribution in [-0.2, 0) is 6.42 Å². The number of nitrogens with one attached hydrogen (secondary N) is 3. The number of nitrogens with zero attached hydrogens (tertiary/aromatic N) is 3. The Hall–Kier alpha value is -3.39. The van der Waals surface area contributed by atoms with Crippen molar-refractivity contribution in [1.82, 2.24) is 24.6 Å². The third-order valence-electron chi connectivity index (χ3n) is 4.10. The van der Waals surface area contributed by atoms with E-state index >= 15 is 0 Å². The molecule has 0 bridgehead atoms. The standard InChI is InChI=1S/C18H15ClN6O2/c19-12-3-1-11(2-4-12)5-6-20-15-9-14(24-25-8-7-21-16(15)25)13-10-22-18(27)23-17(13)26/h1-4,7-10,20H,5-6H2,(H2,22,23,26,27). The minimum Gasteiger partial charge on any atom is -0.382 e. The molecule has 0 aliphatic carbocycles. The minimum atomic E-state index is -0.561. The zero-order valence-electron chi connectivity index (χ0n) is 14.1. The molecule has 0 aliphatic heterocycles. The highest BCUT2D eigenvalue weighted by atomic mass is 35.5. The summed E-state index contributed by atoms with van der Waals surface area (Å²) in [6, 6.07) is 9.42. The van der Waals surface area contributed by atoms with E-state index in [2.05, 4.69) is 25.4 Å². The molecule has 4 rings (SSSR count). The Morgan fingerprint density at radius 1 is 1.19 bits per heavy atom. The Morgan fingerprint density at radius 3 is 2.78 bits per heavy atom. The summed E-state index contributed by atoms with van der Waals surface area (Å²) in [6.07, 6.45) is 5.47. The first-order valence-electron chi connectivity index (χ1n) is 8.25. The summed E-state index contributed by atoms with van der Waals surface area (Å²) in [5.41, 5.74) is 2.17. The SMILES string of the molecule is O=c1[nH]cc(-c2cc(NCCc3ccc(Cl)cc3)c3nccn3n2)c(=O)[nH]1. The molecule has 0 radical (unpaired) electrons. The molecule has 1 aromatic carbocycles. The Morgan fingerprint density at radius 2 is 2.00 bits per heavy atom. The third-order valence-corrected chi connectivity index (χ3v) is 4.35. The average Bonchev–Trinajstić information content (AvgIpc) is 3.12. The van der Waals surface area contributed by atoms with Crippen molar-refractivity contribution in [3.05, 3.63) is 80.3 Å². The molecule has 3 N–H and O–H groups in total. The van der Waals surface area contributed by atoms with Gasteiger partial charge < -0.3 is 10.3 Å². The van der Waals surface area contributed by atoms with Crippen LogP contribution in [0.25, 0.3) is 16.9 Å². The lowest BCUT2D eigenvalue weighted by Crippen LogP contribution is -2.23. The van der Waals surface area contributed by atoms with Crippen molar-refractivity contribution in [3.8, 4) is 11.3 Å². The number of fused-ring (bicyclic) bond motifs is 1. The van der Waals surface area contributed by atoms with Crippen LogP contribution in [0.3, 0.4) is 0 Å². The summed E-state index contributed by atoms with van der Waals surface area (Å²) in [5.74, 6) is 0. The van der Waals surface area contributed by atoms with E-state index in [0.29, 0.717) is 22.9 Å². The predicted molar refractivity (Wildman–Crippen MR) is 103 cm³/mol. The zero-order valence-corrected chi connectivity index (χ0v) is 14.8. The molecule has 0 fully saturated rings. The summed E-state index contributed by atoms with van der Waals surface area (Å²) in [4.78, 5) is 32.3. The second-order valence-electron chi connectivity index (χ2n) is 5.93. The van der Waals surface area contributed by atoms with Crippen LogP contribution in [0.5, 0.6) is 0 Å². The van der Waals surface area contributed by atoms with Gasteiger partial charge in [0.25, 0.3) is 5.56 Å². The van der Waals surface area contributed by atoms with Crippen molar-refractivity contribution in [2.75, 3.05) is 11.9 Å². The number of anilines is 1. The van der Waals surface area contributed by atoms with Crippen molar-refractivity contribution >= 4 is 22.9 Å². The first-order valence-corrected chi connectivity index (χ1v) is 8.63. The van der Waals surface area contributed by atoms with E-state index in [-0.39, 0.29) is 5.56 Å². The second kappa shape index (κ2) is 7.08. The van der Waals surface area contributed by atoms with Gasteiger partial charge in [-0.15, -0.1) is 0 Å². The van der Waals surface area contributed by atoms with Gasteiger partial charge in [-0.05, 0) is 30.2 Å². The number of aromatic nitrogens is 5. The number of imidazole rings is 1. The van der Waals surface area contributed by atoms with Crippen LogP contribution in [0.1, 0.15) is 5.56 Å². The molecule has 0 aliphatic rings. The summed E-state index contributed by atoms with van der Waals surface area (Å²) in [7, 11) is 0. The van der Waals surface area contributed by atoms with Crippen LogP contribution in [-0.4, -0.2) is 31.1 Å². The zero-order chi connectivity index (χ0) is 18.8. The number of hydrogen-bond donors (Lipinski definition) is 3. The molecule has 0 saturated heterocycles. The van der Waals surface area contributed by atoms with Crippen molar-refractivity contribution < 1.29 is 0 Å². The molecule has 0 spiro atoms. The first kappa shape index (κ1) is 17.0. The van der Waals surface area contributed by atoms with E-state index in [0.717, 1.165) is 17.7 Å². The predicted octanol–water partition coefficient (Wildman–Crippen LogP) is 2.08. The van der Waals surface area contributed by atoms with Crippen molar-refractivity contribution in [3.63, 3.8) is 0 Å². The lowest BCUT2D eigenvalue weighted by atomic mass is 10.1. The average molecular weight is 383 g/mol. The molecule has 27 heavy (non-hydrogen) atoms. The quantitative estimate of drug-likeness (QED) is 0.489. The molecule has 0 saturated carbocycles. The molecule has 0 atom stereocenters. The monoisotopic (exact) mass is 382 g/mol. The van der Waals surface area contributed by atoms with Gasteiger partial charge in [-0.1, -0.05) is 23.7 Å². The van der Waals surface area contributed by atoms with Crippen molar-refractivity contribution in [2.24, 2.45) is 0 Å². The third kappa shape index (κ3) is 3.61. The minimum absolute atomic E-state index is 0.269. The normalized spacial score (nSPS) is 11.0. The molecule has 3 aromatic heterocycles. The van der Waals surface area contributed by atoms with Gasteiger partial charge in [0.15, 0.2) is 5.65 Å². The topological polar surface area (TPSA) is 108 Å². The van der Waals surface area contributed by atoms with Crippen LogP contribution >= 0.6 is 11.6 Å². The fourth-order valence-electron chi connectivity index (χ4n) is 2.77. The maximum atomic E-state index is 12.1. The Balaban J connectivity index is 1.63. The lowest BCUT2D eigenvalue weighted by Gasteiger charge is -2.10. The highest BCUT2D eigenvalue weighted by Crippen LogP contribution is 2.21. The summed E-state index contributed by atoms with van der Waals surface area (Å²) in [5, 5.41) is 8.43. The molecule has 4 aromatic rings. The Bertz CT molecular complexity index is 1210. The highest BCUT2D eigenvalue weighted by molar-refractivity contribution is 6.30. The maximum Gasteiger partial charge on any atom is 0.325 e. The molecule has 0 unspecified atom stereocenters. The van der Waals surface area contributed by atoms with E-state index in [9.17, 15) is 9.59 Å². The number of benzene rings is 1. The number of aromatic amines is 2. The van der Waals surface area contributed by atoms with Gasteiger partial charge in [-0.2, -0.15) is 5.10 Å². The Labute approximate surface area is 157 Å². The molecular weight excluding hydrogens is 368 g/mol. The molecule has 136 valence electrons. The Kier molecular flexibility index (Phi) is 4.47. The molecule has 9 heteroatoms. The van der Waals surface area contributed by atoms with E-state index in [1.54, 1.807) is 23.0 Å². The molecule has 0 amide bonds. The summed E-state index contributed by atoms with van der Waals surface area (Å²) >= 11 is 5.91. The number of rotatable bonds is 5. The first-order chi connectivity index (χ1) is 13.1. The second-order valence-corrected chi connectivity index (χ2v) is 6.36. The van der Waals surface area contributed by atoms with Crippen molar-refractivity contribution in [2.45, 2.75) is 6.42 Å². The van der Waals surface area contributed by atoms with Crippen LogP contribution in [0.15, 0.2) is 58.5 Å². The number of halogens is 1. The van der Waals surface area contributed by atoms with Crippen LogP contribution in [0.4, 0.5) is 5.69 Å². The van der Waals surface area contributed by atoms with E-state index in [1.807, 2.05) is 24.3 Å². The highest BCUT2D eigenvalue weighted by Gasteiger charge is 2.11. The van der Waals surface area contributed by atoms with Gasteiger partial charge in [-0.25, -0.2) is 14.3 Å². The van der Waals surface area contributed by atoms with E-state index in [4.69, 9.17) is 11.6 Å².